The van der Waals surface area contributed by atoms with Crippen LogP contribution in [-0.2, 0) is 16.0 Å². The normalized spacial score (nSPS) is 15.0. The number of fused-ring (bicyclic) bond motifs is 3. The van der Waals surface area contributed by atoms with E-state index in [1.54, 1.807) is 13.0 Å². The number of rotatable bonds is 7. The lowest BCUT2D eigenvalue weighted by molar-refractivity contribution is -0.274. The van der Waals surface area contributed by atoms with E-state index in [9.17, 15) is 18.0 Å². The van der Waals surface area contributed by atoms with E-state index in [1.807, 2.05) is 18.2 Å². The van der Waals surface area contributed by atoms with E-state index in [1.165, 1.54) is 23.4 Å². The predicted molar refractivity (Wildman–Crippen MR) is 131 cm³/mol. The molecule has 6 rings (SSSR count). The van der Waals surface area contributed by atoms with Crippen molar-refractivity contribution in [1.29, 1.82) is 0 Å². The van der Waals surface area contributed by atoms with Crippen LogP contribution in [0.25, 0.3) is 39.4 Å². The SMILES string of the molecule is CCOC(=O)CC1CCc2c1[nH]c1ccc(-c3noc(-c4cc(OC(F)(F)F)cc(-n5cncn5)c4)n3)cc21. The lowest BCUT2D eigenvalue weighted by Gasteiger charge is -2.11. The van der Waals surface area contributed by atoms with Gasteiger partial charge in [0.1, 0.15) is 18.4 Å². The number of hydrogen-bond acceptors (Lipinski definition) is 8. The Bertz CT molecular complexity index is 1660. The van der Waals surface area contributed by atoms with Gasteiger partial charge in [0.25, 0.3) is 5.89 Å². The lowest BCUT2D eigenvalue weighted by Crippen LogP contribution is -2.17. The summed E-state index contributed by atoms with van der Waals surface area (Å²) < 4.78 is 54.9. The van der Waals surface area contributed by atoms with Gasteiger partial charge in [0.15, 0.2) is 0 Å². The van der Waals surface area contributed by atoms with Crippen LogP contribution in [0, 0.1) is 0 Å². The molecule has 1 aliphatic carbocycles. The summed E-state index contributed by atoms with van der Waals surface area (Å²) in [5.41, 5.74) is 4.26. The highest BCUT2D eigenvalue weighted by Crippen LogP contribution is 2.40. The number of aryl methyl sites for hydroxylation is 1. The Morgan fingerprint density at radius 2 is 2.08 bits per heavy atom. The second kappa shape index (κ2) is 9.57. The van der Waals surface area contributed by atoms with E-state index in [0.717, 1.165) is 41.1 Å². The van der Waals surface area contributed by atoms with E-state index in [4.69, 9.17) is 9.26 Å². The van der Waals surface area contributed by atoms with Crippen molar-refractivity contribution in [2.75, 3.05) is 6.61 Å². The quantitative estimate of drug-likeness (QED) is 0.276. The number of carbonyl (C=O) groups excluding carboxylic acids is 1. The first kappa shape index (κ1) is 24.6. The molecule has 1 atom stereocenters. The van der Waals surface area contributed by atoms with E-state index < -0.39 is 12.1 Å². The van der Waals surface area contributed by atoms with Gasteiger partial charge in [0.2, 0.25) is 5.82 Å². The zero-order valence-electron chi connectivity index (χ0n) is 20.5. The summed E-state index contributed by atoms with van der Waals surface area (Å²) >= 11 is 0. The van der Waals surface area contributed by atoms with Gasteiger partial charge in [-0.25, -0.2) is 9.67 Å². The molecule has 2 aromatic carbocycles. The smallest absolute Gasteiger partial charge is 0.466 e. The van der Waals surface area contributed by atoms with Crippen molar-refractivity contribution < 1.29 is 32.0 Å². The molecule has 0 fully saturated rings. The van der Waals surface area contributed by atoms with Gasteiger partial charge in [0, 0.05) is 39.7 Å². The van der Waals surface area contributed by atoms with Crippen molar-refractivity contribution in [2.24, 2.45) is 0 Å². The minimum absolute atomic E-state index is 0.00730. The maximum Gasteiger partial charge on any atom is 0.573 e. The van der Waals surface area contributed by atoms with Gasteiger partial charge < -0.3 is 19.0 Å². The number of halogens is 3. The van der Waals surface area contributed by atoms with Crippen molar-refractivity contribution in [2.45, 2.75) is 38.5 Å². The Hall–Kier alpha value is -4.68. The average Bonchev–Trinajstić information content (AvgIpc) is 3.68. The van der Waals surface area contributed by atoms with E-state index in [-0.39, 0.29) is 34.9 Å². The molecule has 39 heavy (non-hydrogen) atoms. The summed E-state index contributed by atoms with van der Waals surface area (Å²) in [6.07, 6.45) is -0.303. The third-order valence-corrected chi connectivity index (χ3v) is 6.55. The third kappa shape index (κ3) is 4.94. The molecule has 10 nitrogen and oxygen atoms in total. The zero-order valence-corrected chi connectivity index (χ0v) is 20.5. The van der Waals surface area contributed by atoms with Gasteiger partial charge in [-0.15, -0.1) is 13.2 Å². The summed E-state index contributed by atoms with van der Waals surface area (Å²) in [7, 11) is 0. The number of hydrogen-bond donors (Lipinski definition) is 1. The summed E-state index contributed by atoms with van der Waals surface area (Å²) in [5, 5.41) is 9.03. The molecule has 0 saturated carbocycles. The monoisotopic (exact) mass is 538 g/mol. The van der Waals surface area contributed by atoms with E-state index in [2.05, 4.69) is 29.9 Å². The number of aromatic nitrogens is 6. The van der Waals surface area contributed by atoms with Gasteiger partial charge in [-0.3, -0.25) is 4.79 Å². The zero-order chi connectivity index (χ0) is 27.1. The molecule has 200 valence electrons. The molecule has 5 aromatic rings. The van der Waals surface area contributed by atoms with Crippen LogP contribution in [0.15, 0.2) is 53.6 Å². The number of benzene rings is 2. The minimum Gasteiger partial charge on any atom is -0.466 e. The fourth-order valence-electron chi connectivity index (χ4n) is 4.94. The summed E-state index contributed by atoms with van der Waals surface area (Å²) in [6.45, 7) is 2.14. The molecule has 0 amide bonds. The highest BCUT2D eigenvalue weighted by molar-refractivity contribution is 5.89. The molecule has 0 spiro atoms. The van der Waals surface area contributed by atoms with Crippen LogP contribution in [-0.4, -0.2) is 48.8 Å². The Labute approximate surface area is 218 Å². The second-order valence-electron chi connectivity index (χ2n) is 9.05. The number of nitrogens with zero attached hydrogens (tertiary/aromatic N) is 5. The van der Waals surface area contributed by atoms with Crippen molar-refractivity contribution in [3.05, 3.63) is 60.3 Å². The number of ether oxygens (including phenoxy) is 2. The van der Waals surface area contributed by atoms with Crippen LogP contribution < -0.4 is 4.74 Å². The fourth-order valence-corrected chi connectivity index (χ4v) is 4.94. The number of esters is 1. The third-order valence-electron chi connectivity index (χ3n) is 6.55. The van der Waals surface area contributed by atoms with Crippen LogP contribution in [0.4, 0.5) is 13.2 Å². The first-order chi connectivity index (χ1) is 18.8. The Morgan fingerprint density at radius 3 is 2.85 bits per heavy atom. The molecule has 1 unspecified atom stereocenters. The van der Waals surface area contributed by atoms with Gasteiger partial charge in [0.05, 0.1) is 18.7 Å². The molecule has 1 N–H and O–H groups in total. The maximum absolute atomic E-state index is 13.0. The van der Waals surface area contributed by atoms with Gasteiger partial charge in [-0.1, -0.05) is 5.16 Å². The number of H-pyrrole nitrogens is 1. The van der Waals surface area contributed by atoms with Crippen molar-refractivity contribution >= 4 is 16.9 Å². The van der Waals surface area contributed by atoms with Gasteiger partial charge in [-0.2, -0.15) is 10.1 Å². The van der Waals surface area contributed by atoms with Crippen LogP contribution in [0.3, 0.4) is 0 Å². The summed E-state index contributed by atoms with van der Waals surface area (Å²) in [6, 6.07) is 9.56. The molecule has 0 bridgehead atoms. The highest BCUT2D eigenvalue weighted by Gasteiger charge is 2.32. The molecule has 0 aliphatic heterocycles. The standard InChI is InChI=1S/C26H21F3N6O4/c1-2-37-22(36)10-14-3-5-19-20-9-15(4-6-21(20)32-23(14)19)24-33-25(39-34-24)16-7-17(35-13-30-12-31-35)11-18(8-16)38-26(27,28)29/h4,6-9,11-14,32H,2-3,5,10H2,1H3. The van der Waals surface area contributed by atoms with E-state index in [0.29, 0.717) is 18.6 Å². The van der Waals surface area contributed by atoms with E-state index >= 15 is 0 Å². The summed E-state index contributed by atoms with van der Waals surface area (Å²) in [5.74, 6) is -0.338. The topological polar surface area (TPSA) is 121 Å². The maximum atomic E-state index is 13.0. The number of alkyl halides is 3. The molecule has 3 aromatic heterocycles. The largest absolute Gasteiger partial charge is 0.573 e. The number of carbonyl (C=O) groups is 1. The number of nitrogens with one attached hydrogen (secondary N) is 1. The summed E-state index contributed by atoms with van der Waals surface area (Å²) in [4.78, 5) is 23.7. The molecule has 3 heterocycles. The molecular formula is C26H21F3N6O4. The van der Waals surface area contributed by atoms with Crippen LogP contribution in [0.1, 0.15) is 36.9 Å². The van der Waals surface area contributed by atoms with Crippen LogP contribution >= 0.6 is 0 Å². The van der Waals surface area contributed by atoms with Crippen LogP contribution in [0.5, 0.6) is 5.75 Å². The molecule has 0 radical (unpaired) electrons. The van der Waals surface area contributed by atoms with Crippen LogP contribution in [0.2, 0.25) is 0 Å². The lowest BCUT2D eigenvalue weighted by atomic mass is 10.0. The number of aromatic amines is 1. The Morgan fingerprint density at radius 1 is 1.21 bits per heavy atom. The Kier molecular flexibility index (Phi) is 6.04. The highest BCUT2D eigenvalue weighted by atomic mass is 19.4. The van der Waals surface area contributed by atoms with Crippen molar-refractivity contribution in [1.82, 2.24) is 29.9 Å². The molecular weight excluding hydrogens is 517 g/mol. The Balaban J connectivity index is 1.32. The first-order valence-electron chi connectivity index (χ1n) is 12.2. The average molecular weight is 538 g/mol. The molecule has 13 heteroatoms. The van der Waals surface area contributed by atoms with Gasteiger partial charge >= 0.3 is 12.3 Å². The predicted octanol–water partition coefficient (Wildman–Crippen LogP) is 5.35. The van der Waals surface area contributed by atoms with Crippen molar-refractivity contribution in [3.8, 4) is 34.3 Å². The minimum atomic E-state index is -4.89. The van der Waals surface area contributed by atoms with Crippen molar-refractivity contribution in [3.63, 3.8) is 0 Å². The first-order valence-corrected chi connectivity index (χ1v) is 12.2. The fraction of sp³-hybridized carbons (Fsp3) is 0.269. The molecule has 0 saturated heterocycles. The second-order valence-corrected chi connectivity index (χ2v) is 9.05. The van der Waals surface area contributed by atoms with Gasteiger partial charge in [-0.05, 0) is 55.7 Å². The molecule has 1 aliphatic rings.